The fraction of sp³-hybridized carbons (Fsp3) is 0.385. The third-order valence-electron chi connectivity index (χ3n) is 3.70. The highest BCUT2D eigenvalue weighted by Crippen LogP contribution is 2.34. The van der Waals surface area contributed by atoms with E-state index < -0.39 is 10.0 Å². The van der Waals surface area contributed by atoms with Crippen molar-refractivity contribution in [1.82, 2.24) is 14.5 Å². The Bertz CT molecular complexity index is 825. The van der Waals surface area contributed by atoms with Crippen LogP contribution in [0.4, 0.5) is 5.13 Å². The molecule has 10 heteroatoms. The van der Waals surface area contributed by atoms with Crippen molar-refractivity contribution in [3.8, 4) is 0 Å². The van der Waals surface area contributed by atoms with Gasteiger partial charge < -0.3 is 5.73 Å². The van der Waals surface area contributed by atoms with Crippen LogP contribution < -0.4 is 5.73 Å². The molecule has 1 aromatic heterocycles. The lowest BCUT2D eigenvalue weighted by Gasteiger charge is -2.31. The highest BCUT2D eigenvalue weighted by atomic mass is 35.5. The Morgan fingerprint density at radius 1 is 1.30 bits per heavy atom. The van der Waals surface area contributed by atoms with Gasteiger partial charge in [-0.15, -0.1) is 10.2 Å². The summed E-state index contributed by atoms with van der Waals surface area (Å²) in [5, 5.41) is 9.48. The van der Waals surface area contributed by atoms with E-state index in [1.165, 1.54) is 27.8 Å². The van der Waals surface area contributed by atoms with Crippen molar-refractivity contribution in [3.05, 3.63) is 33.3 Å². The molecule has 1 aliphatic rings. The monoisotopic (exact) mass is 392 g/mol. The lowest BCUT2D eigenvalue weighted by atomic mass is 10.0. The SMILES string of the molecule is Nc1nnc([C@H]2CCCN(S(=O)(=O)c3cc(Cl)ccc3Cl)C2)s1. The number of anilines is 1. The topological polar surface area (TPSA) is 89.2 Å². The average Bonchev–Trinajstić information content (AvgIpc) is 2.96. The third kappa shape index (κ3) is 3.46. The van der Waals surface area contributed by atoms with Crippen LogP contribution in [0.5, 0.6) is 0 Å². The molecule has 23 heavy (non-hydrogen) atoms. The van der Waals surface area contributed by atoms with Gasteiger partial charge in [0.2, 0.25) is 15.2 Å². The van der Waals surface area contributed by atoms with Gasteiger partial charge in [-0.05, 0) is 31.0 Å². The Kier molecular flexibility index (Phi) is 4.80. The van der Waals surface area contributed by atoms with Crippen molar-refractivity contribution >= 4 is 49.7 Å². The molecule has 6 nitrogen and oxygen atoms in total. The molecule has 2 heterocycles. The summed E-state index contributed by atoms with van der Waals surface area (Å²) in [4.78, 5) is 0.0316. The standard InChI is InChI=1S/C13H14Cl2N4O2S2/c14-9-3-4-10(15)11(6-9)23(20,21)19-5-1-2-8(7-19)12-17-18-13(16)22-12/h3-4,6,8H,1-2,5,7H2,(H2,16,18)/t8-/m0/s1. The molecule has 0 radical (unpaired) electrons. The summed E-state index contributed by atoms with van der Waals surface area (Å²) in [7, 11) is -3.71. The highest BCUT2D eigenvalue weighted by Gasteiger charge is 2.33. The van der Waals surface area contributed by atoms with Crippen molar-refractivity contribution < 1.29 is 8.42 Å². The van der Waals surface area contributed by atoms with Crippen LogP contribution in [0, 0.1) is 0 Å². The van der Waals surface area contributed by atoms with Crippen LogP contribution in [-0.4, -0.2) is 36.0 Å². The second-order valence-electron chi connectivity index (χ2n) is 5.26. The van der Waals surface area contributed by atoms with Crippen molar-refractivity contribution in [2.24, 2.45) is 0 Å². The largest absolute Gasteiger partial charge is 0.374 e. The fourth-order valence-electron chi connectivity index (χ4n) is 2.59. The number of hydrogen-bond acceptors (Lipinski definition) is 6. The van der Waals surface area contributed by atoms with Crippen molar-refractivity contribution in [2.45, 2.75) is 23.7 Å². The summed E-state index contributed by atoms with van der Waals surface area (Å²) < 4.78 is 27.2. The van der Waals surface area contributed by atoms with Crippen LogP contribution in [0.3, 0.4) is 0 Å². The Morgan fingerprint density at radius 2 is 2.09 bits per heavy atom. The lowest BCUT2D eigenvalue weighted by Crippen LogP contribution is -2.39. The number of aromatic nitrogens is 2. The summed E-state index contributed by atoms with van der Waals surface area (Å²) in [6, 6.07) is 4.43. The van der Waals surface area contributed by atoms with Gasteiger partial charge >= 0.3 is 0 Å². The molecule has 0 bridgehead atoms. The zero-order chi connectivity index (χ0) is 16.6. The number of nitrogens with zero attached hydrogens (tertiary/aromatic N) is 3. The van der Waals surface area contributed by atoms with E-state index in [1.807, 2.05) is 0 Å². The first-order valence-corrected chi connectivity index (χ1v) is 9.93. The second-order valence-corrected chi connectivity index (χ2v) is 9.05. The summed E-state index contributed by atoms with van der Waals surface area (Å²) in [6.45, 7) is 0.774. The molecule has 0 amide bonds. The van der Waals surface area contributed by atoms with E-state index in [-0.39, 0.29) is 15.8 Å². The number of piperidine rings is 1. The Labute approximate surface area is 148 Å². The summed E-state index contributed by atoms with van der Waals surface area (Å²) in [5.74, 6) is -0.00807. The molecular weight excluding hydrogens is 379 g/mol. The number of nitrogens with two attached hydrogens (primary N) is 1. The predicted octanol–water partition coefficient (Wildman–Crippen LogP) is 3.00. The number of hydrogen-bond donors (Lipinski definition) is 1. The summed E-state index contributed by atoms with van der Waals surface area (Å²) in [6.07, 6.45) is 1.59. The number of sulfonamides is 1. The van der Waals surface area contributed by atoms with Crippen molar-refractivity contribution in [2.75, 3.05) is 18.8 Å². The molecule has 1 atom stereocenters. The quantitative estimate of drug-likeness (QED) is 0.866. The molecule has 0 spiro atoms. The third-order valence-corrected chi connectivity index (χ3v) is 7.20. The predicted molar refractivity (Wildman–Crippen MR) is 91.5 cm³/mol. The minimum atomic E-state index is -3.71. The van der Waals surface area contributed by atoms with Gasteiger partial charge in [-0.1, -0.05) is 34.5 Å². The molecule has 1 aromatic carbocycles. The zero-order valence-corrected chi connectivity index (χ0v) is 15.1. The number of nitrogen functional groups attached to an aromatic ring is 1. The molecule has 1 saturated heterocycles. The van der Waals surface area contributed by atoms with E-state index in [2.05, 4.69) is 10.2 Å². The average molecular weight is 393 g/mol. The molecular formula is C13H14Cl2N4O2S2. The van der Waals surface area contributed by atoms with Crippen LogP contribution in [-0.2, 0) is 10.0 Å². The van der Waals surface area contributed by atoms with Crippen LogP contribution in [0.2, 0.25) is 10.0 Å². The molecule has 0 aliphatic carbocycles. The van der Waals surface area contributed by atoms with Gasteiger partial charge in [0.05, 0.1) is 5.02 Å². The van der Waals surface area contributed by atoms with Gasteiger partial charge in [0.1, 0.15) is 9.90 Å². The van der Waals surface area contributed by atoms with Crippen LogP contribution in [0.1, 0.15) is 23.8 Å². The highest BCUT2D eigenvalue weighted by molar-refractivity contribution is 7.89. The second kappa shape index (κ2) is 6.52. The van der Waals surface area contributed by atoms with Crippen LogP contribution >= 0.6 is 34.5 Å². The molecule has 1 aliphatic heterocycles. The molecule has 2 aromatic rings. The minimum absolute atomic E-state index is 0.00807. The molecule has 2 N–H and O–H groups in total. The van der Waals surface area contributed by atoms with Crippen molar-refractivity contribution in [3.63, 3.8) is 0 Å². The molecule has 124 valence electrons. The maximum absolute atomic E-state index is 12.9. The summed E-state index contributed by atoms with van der Waals surface area (Å²) >= 11 is 13.3. The molecule has 1 fully saturated rings. The van der Waals surface area contributed by atoms with Gasteiger partial charge in [-0.3, -0.25) is 0 Å². The fourth-order valence-corrected chi connectivity index (χ4v) is 5.59. The maximum atomic E-state index is 12.9. The number of rotatable bonds is 3. The van der Waals surface area contributed by atoms with Gasteiger partial charge in [-0.25, -0.2) is 8.42 Å². The minimum Gasteiger partial charge on any atom is -0.374 e. The van der Waals surface area contributed by atoms with E-state index in [1.54, 1.807) is 6.07 Å². The van der Waals surface area contributed by atoms with Gasteiger partial charge in [0.25, 0.3) is 0 Å². The summed E-state index contributed by atoms with van der Waals surface area (Å²) in [5.41, 5.74) is 5.61. The first-order chi connectivity index (χ1) is 10.9. The Balaban J connectivity index is 1.89. The molecule has 0 unspecified atom stereocenters. The van der Waals surface area contributed by atoms with E-state index in [0.29, 0.717) is 23.2 Å². The van der Waals surface area contributed by atoms with E-state index in [0.717, 1.165) is 17.8 Å². The molecule has 3 rings (SSSR count). The first-order valence-electron chi connectivity index (χ1n) is 6.92. The van der Waals surface area contributed by atoms with E-state index in [9.17, 15) is 8.42 Å². The van der Waals surface area contributed by atoms with Crippen LogP contribution in [0.25, 0.3) is 0 Å². The lowest BCUT2D eigenvalue weighted by molar-refractivity contribution is 0.314. The van der Waals surface area contributed by atoms with Crippen LogP contribution in [0.15, 0.2) is 23.1 Å². The number of benzene rings is 1. The van der Waals surface area contributed by atoms with E-state index in [4.69, 9.17) is 28.9 Å². The molecule has 0 saturated carbocycles. The van der Waals surface area contributed by atoms with Gasteiger partial charge in [-0.2, -0.15) is 4.31 Å². The van der Waals surface area contributed by atoms with Crippen molar-refractivity contribution in [1.29, 1.82) is 0 Å². The smallest absolute Gasteiger partial charge is 0.244 e. The maximum Gasteiger partial charge on any atom is 0.244 e. The zero-order valence-electron chi connectivity index (χ0n) is 11.9. The van der Waals surface area contributed by atoms with Gasteiger partial charge in [0.15, 0.2) is 0 Å². The first kappa shape index (κ1) is 16.9. The Morgan fingerprint density at radius 3 is 2.78 bits per heavy atom. The number of halogens is 2. The van der Waals surface area contributed by atoms with Gasteiger partial charge in [0, 0.05) is 24.0 Å². The van der Waals surface area contributed by atoms with E-state index >= 15 is 0 Å². The normalized spacial score (nSPS) is 19.8. The Hall–Kier alpha value is -0.930.